The van der Waals surface area contributed by atoms with E-state index in [0.717, 1.165) is 5.56 Å². The molecule has 0 aliphatic carbocycles. The zero-order valence-electron chi connectivity index (χ0n) is 12.5. The Balaban J connectivity index is 1.98. The number of carboxylic acids is 1. The number of hydrogen-bond donors (Lipinski definition) is 2. The maximum atomic E-state index is 11.8. The van der Waals surface area contributed by atoms with Gasteiger partial charge >= 0.3 is 12.1 Å². The van der Waals surface area contributed by atoms with Crippen LogP contribution in [0.15, 0.2) is 48.5 Å². The van der Waals surface area contributed by atoms with E-state index in [1.165, 1.54) is 0 Å². The summed E-state index contributed by atoms with van der Waals surface area (Å²) < 4.78 is 5.03. The van der Waals surface area contributed by atoms with Crippen LogP contribution in [0.5, 0.6) is 0 Å². The molecule has 0 unspecified atom stereocenters. The van der Waals surface area contributed by atoms with Gasteiger partial charge in [-0.25, -0.2) is 9.59 Å². The van der Waals surface area contributed by atoms with E-state index in [1.807, 2.05) is 18.2 Å². The lowest BCUT2D eigenvalue weighted by Gasteiger charge is -2.16. The van der Waals surface area contributed by atoms with E-state index < -0.39 is 18.1 Å². The largest absolute Gasteiger partial charge is 0.480 e. The molecule has 0 fully saturated rings. The van der Waals surface area contributed by atoms with Crippen molar-refractivity contribution in [2.45, 2.75) is 19.1 Å². The van der Waals surface area contributed by atoms with Gasteiger partial charge in [-0.3, -0.25) is 0 Å². The minimum atomic E-state index is -1.21. The highest BCUT2D eigenvalue weighted by Gasteiger charge is 2.23. The second kappa shape index (κ2) is 8.57. The van der Waals surface area contributed by atoms with Crippen molar-refractivity contribution in [3.05, 3.63) is 69.7 Å². The van der Waals surface area contributed by atoms with Crippen LogP contribution in [0.4, 0.5) is 4.79 Å². The molecule has 1 atom stereocenters. The number of aliphatic carboxylic acids is 1. The summed E-state index contributed by atoms with van der Waals surface area (Å²) in [6.45, 7) is 0.0475. The van der Waals surface area contributed by atoms with Gasteiger partial charge < -0.3 is 15.2 Å². The number of carbonyl (C=O) groups excluding carboxylic acids is 1. The molecule has 2 rings (SSSR count). The number of halogens is 2. The molecule has 2 aromatic rings. The minimum Gasteiger partial charge on any atom is -0.480 e. The van der Waals surface area contributed by atoms with Crippen LogP contribution < -0.4 is 5.32 Å². The molecule has 5 nitrogen and oxygen atoms in total. The summed E-state index contributed by atoms with van der Waals surface area (Å²) >= 11 is 12.1. The van der Waals surface area contributed by atoms with E-state index in [2.05, 4.69) is 5.32 Å². The Hall–Kier alpha value is -2.24. The summed E-state index contributed by atoms with van der Waals surface area (Å²) in [7, 11) is 0. The van der Waals surface area contributed by atoms with Gasteiger partial charge in [0.25, 0.3) is 0 Å². The Kier molecular flexibility index (Phi) is 6.46. The second-order valence-electron chi connectivity index (χ2n) is 5.00. The zero-order valence-corrected chi connectivity index (χ0v) is 14.1. The average Bonchev–Trinajstić information content (AvgIpc) is 2.56. The maximum absolute atomic E-state index is 11.8. The van der Waals surface area contributed by atoms with Crippen LogP contribution in [0.1, 0.15) is 11.1 Å². The van der Waals surface area contributed by atoms with Crippen LogP contribution in [0, 0.1) is 0 Å². The van der Waals surface area contributed by atoms with Crippen molar-refractivity contribution in [1.82, 2.24) is 5.32 Å². The summed E-state index contributed by atoms with van der Waals surface area (Å²) in [5.41, 5.74) is 1.25. The predicted octanol–water partition coefficient (Wildman–Crippen LogP) is 3.92. The number of carboxylic acid groups (broad SMARTS) is 1. The molecular formula is C17H15Cl2NO4. The first kappa shape index (κ1) is 18.1. The van der Waals surface area contributed by atoms with Gasteiger partial charge in [0.1, 0.15) is 12.6 Å². The summed E-state index contributed by atoms with van der Waals surface area (Å²) in [5.74, 6) is -1.21. The number of alkyl carbamates (subject to hydrolysis) is 1. The van der Waals surface area contributed by atoms with Crippen LogP contribution in [0.2, 0.25) is 10.0 Å². The second-order valence-corrected chi connectivity index (χ2v) is 5.82. The smallest absolute Gasteiger partial charge is 0.408 e. The molecule has 2 aromatic carbocycles. The van der Waals surface area contributed by atoms with Crippen LogP contribution in [-0.4, -0.2) is 23.2 Å². The van der Waals surface area contributed by atoms with E-state index in [1.54, 1.807) is 30.3 Å². The number of nitrogens with one attached hydrogen (secondary N) is 1. The zero-order chi connectivity index (χ0) is 17.5. The number of carbonyl (C=O) groups is 2. The van der Waals surface area contributed by atoms with Crippen molar-refractivity contribution in [3.63, 3.8) is 0 Å². The lowest BCUT2D eigenvalue weighted by atomic mass is 10.1. The summed E-state index contributed by atoms with van der Waals surface area (Å²) in [5, 5.41) is 12.3. The molecule has 0 spiro atoms. The molecule has 0 aliphatic rings. The molecule has 0 saturated carbocycles. The summed E-state index contributed by atoms with van der Waals surface area (Å²) in [4.78, 5) is 23.2. The Morgan fingerprint density at radius 1 is 1.04 bits per heavy atom. The number of rotatable bonds is 6. The Bertz CT molecular complexity index is 702. The first-order valence-electron chi connectivity index (χ1n) is 7.10. The molecule has 0 bridgehead atoms. The molecule has 7 heteroatoms. The van der Waals surface area contributed by atoms with Gasteiger partial charge in [-0.1, -0.05) is 59.6 Å². The first-order valence-corrected chi connectivity index (χ1v) is 7.86. The third-order valence-corrected chi connectivity index (χ3v) is 3.98. The molecule has 0 heterocycles. The van der Waals surface area contributed by atoms with Crippen molar-refractivity contribution in [2.75, 3.05) is 0 Å². The van der Waals surface area contributed by atoms with E-state index in [9.17, 15) is 14.7 Å². The Morgan fingerprint density at radius 2 is 1.67 bits per heavy atom. The van der Waals surface area contributed by atoms with E-state index in [0.29, 0.717) is 15.6 Å². The topological polar surface area (TPSA) is 75.6 Å². The highest BCUT2D eigenvalue weighted by atomic mass is 35.5. The van der Waals surface area contributed by atoms with Crippen molar-refractivity contribution in [1.29, 1.82) is 0 Å². The van der Waals surface area contributed by atoms with Crippen LogP contribution in [0.3, 0.4) is 0 Å². The fraction of sp³-hybridized carbons (Fsp3) is 0.176. The third kappa shape index (κ3) is 5.15. The standard InChI is InChI=1S/C17H15Cl2NO4/c18-13-7-4-8-14(19)12(13)9-15(16(21)22)20-17(23)24-10-11-5-2-1-3-6-11/h1-8,15H,9-10H2,(H,20,23)(H,21,22)/t15-/m0/s1. The minimum absolute atomic E-state index is 0.0473. The monoisotopic (exact) mass is 367 g/mol. The molecule has 24 heavy (non-hydrogen) atoms. The van der Waals surface area contributed by atoms with Gasteiger partial charge in [0, 0.05) is 16.5 Å². The fourth-order valence-corrected chi connectivity index (χ4v) is 2.59. The number of hydrogen-bond acceptors (Lipinski definition) is 3. The maximum Gasteiger partial charge on any atom is 0.408 e. The highest BCUT2D eigenvalue weighted by molar-refractivity contribution is 6.36. The van der Waals surface area contributed by atoms with Crippen molar-refractivity contribution < 1.29 is 19.4 Å². The molecule has 0 aliphatic heterocycles. The average molecular weight is 368 g/mol. The molecule has 0 saturated heterocycles. The Labute approximate surface area is 149 Å². The summed E-state index contributed by atoms with van der Waals surface area (Å²) in [6.07, 6.45) is -0.872. The molecule has 1 amide bonds. The number of ether oxygens (including phenoxy) is 1. The molecule has 126 valence electrons. The van der Waals surface area contributed by atoms with E-state index in [4.69, 9.17) is 27.9 Å². The van der Waals surface area contributed by atoms with Crippen LogP contribution in [-0.2, 0) is 22.6 Å². The number of amides is 1. The number of benzene rings is 2. The summed E-state index contributed by atoms with van der Waals surface area (Å²) in [6, 6.07) is 12.7. The van der Waals surface area contributed by atoms with Crippen molar-refractivity contribution in [3.8, 4) is 0 Å². The van der Waals surface area contributed by atoms with Crippen molar-refractivity contribution >= 4 is 35.3 Å². The normalized spacial score (nSPS) is 11.6. The van der Waals surface area contributed by atoms with Gasteiger partial charge in [0.05, 0.1) is 0 Å². The van der Waals surface area contributed by atoms with Gasteiger partial charge in [0.15, 0.2) is 0 Å². The lowest BCUT2D eigenvalue weighted by molar-refractivity contribution is -0.139. The predicted molar refractivity (Wildman–Crippen MR) is 91.4 cm³/mol. The first-order chi connectivity index (χ1) is 11.5. The Morgan fingerprint density at radius 3 is 2.25 bits per heavy atom. The van der Waals surface area contributed by atoms with E-state index in [-0.39, 0.29) is 13.0 Å². The van der Waals surface area contributed by atoms with E-state index >= 15 is 0 Å². The quantitative estimate of drug-likeness (QED) is 0.811. The van der Waals surface area contributed by atoms with Crippen LogP contribution in [0.25, 0.3) is 0 Å². The van der Waals surface area contributed by atoms with Gasteiger partial charge in [-0.2, -0.15) is 0 Å². The highest BCUT2D eigenvalue weighted by Crippen LogP contribution is 2.25. The molecular weight excluding hydrogens is 353 g/mol. The van der Waals surface area contributed by atoms with Gasteiger partial charge in [0.2, 0.25) is 0 Å². The lowest BCUT2D eigenvalue weighted by Crippen LogP contribution is -2.42. The van der Waals surface area contributed by atoms with Gasteiger partial charge in [-0.05, 0) is 23.3 Å². The molecule has 2 N–H and O–H groups in total. The van der Waals surface area contributed by atoms with Crippen molar-refractivity contribution in [2.24, 2.45) is 0 Å². The van der Waals surface area contributed by atoms with Gasteiger partial charge in [-0.15, -0.1) is 0 Å². The molecule has 0 radical (unpaired) electrons. The van der Waals surface area contributed by atoms with Crippen LogP contribution >= 0.6 is 23.2 Å². The third-order valence-electron chi connectivity index (χ3n) is 3.27. The molecule has 0 aromatic heterocycles. The SMILES string of the molecule is O=C(N[C@@H](Cc1c(Cl)cccc1Cl)C(=O)O)OCc1ccccc1. The fourth-order valence-electron chi connectivity index (χ4n) is 2.04.